The third-order valence-electron chi connectivity index (χ3n) is 19.1. The lowest BCUT2D eigenvalue weighted by atomic mass is 9.37. The van der Waals surface area contributed by atoms with Gasteiger partial charge in [0.05, 0.1) is 25.4 Å². The van der Waals surface area contributed by atoms with Crippen molar-refractivity contribution in [3.05, 3.63) is 76.4 Å². The SMILES string of the molecule is COc1cc(/C=C(\C[C@H]2c3cc(CCO)ccc3CC[C@@H]2CO)C(=O)O[C@@H]2[C@H](OC(=O)CC[C@@H]3C[C@@H](C)[C@@H]4CC[C@H]5[C@H](O)[C@@H]6CC[C@]35[C@H]4CC[C@H]6C(C)C)[C@@H](O)[C@H]3O[C@]2(O)C=C[C@@H]3NC[C@H](C)O)ccc1O. The van der Waals surface area contributed by atoms with E-state index in [9.17, 15) is 40.5 Å². The summed E-state index contributed by atoms with van der Waals surface area (Å²) in [7, 11) is 1.42. The Morgan fingerprint density at radius 3 is 2.49 bits per heavy atom. The van der Waals surface area contributed by atoms with E-state index in [-0.39, 0.29) is 90.8 Å². The van der Waals surface area contributed by atoms with Crippen LogP contribution in [0.2, 0.25) is 0 Å². The van der Waals surface area contributed by atoms with Crippen LogP contribution in [0.1, 0.15) is 126 Å². The maximum Gasteiger partial charge on any atom is 0.334 e. The number of phenolic OH excluding ortho intramolecular Hbond substituents is 1. The zero-order valence-electron chi connectivity index (χ0n) is 42.9. The third kappa shape index (κ3) is 10.0. The Balaban J connectivity index is 1.02. The molecule has 5 saturated carbocycles. The number of phenols is 1. The number of aliphatic hydroxyl groups is 6. The summed E-state index contributed by atoms with van der Waals surface area (Å²) in [5, 5.41) is 81.3. The van der Waals surface area contributed by atoms with Crippen LogP contribution in [0, 0.1) is 58.7 Å². The molecule has 1 saturated heterocycles. The molecule has 18 atom stereocenters. The molecule has 7 bridgehead atoms. The molecule has 0 radical (unpaired) electrons. The average molecular weight is 1000 g/mol. The maximum atomic E-state index is 15.1. The van der Waals surface area contributed by atoms with Gasteiger partial charge in [-0.15, -0.1) is 0 Å². The van der Waals surface area contributed by atoms with E-state index in [1.54, 1.807) is 31.2 Å². The molecule has 2 aromatic carbocycles. The van der Waals surface area contributed by atoms with Crippen molar-refractivity contribution in [2.45, 2.75) is 166 Å². The van der Waals surface area contributed by atoms with Crippen LogP contribution in [0.15, 0.2) is 54.1 Å². The van der Waals surface area contributed by atoms with E-state index in [0.29, 0.717) is 54.4 Å². The molecule has 2 aromatic rings. The highest BCUT2D eigenvalue weighted by molar-refractivity contribution is 5.94. The van der Waals surface area contributed by atoms with Crippen molar-refractivity contribution in [3.8, 4) is 11.5 Å². The molecule has 10 rings (SSSR count). The van der Waals surface area contributed by atoms with Gasteiger partial charge in [-0.2, -0.15) is 0 Å². The van der Waals surface area contributed by atoms with E-state index in [2.05, 4.69) is 26.1 Å². The second-order valence-corrected chi connectivity index (χ2v) is 23.3. The summed E-state index contributed by atoms with van der Waals surface area (Å²) in [5.41, 5.74) is 3.48. The number of aliphatic hydroxyl groups excluding tert-OH is 5. The predicted octanol–water partition coefficient (Wildman–Crippen LogP) is 6.13. The number of carbonyl (C=O) groups is 2. The van der Waals surface area contributed by atoms with Gasteiger partial charge >= 0.3 is 11.9 Å². The molecule has 1 spiro atoms. The van der Waals surface area contributed by atoms with Crippen LogP contribution in [-0.4, -0.2) is 123 Å². The first-order chi connectivity index (χ1) is 34.5. The van der Waals surface area contributed by atoms with Crippen LogP contribution >= 0.6 is 0 Å². The molecule has 2 aliphatic heterocycles. The number of ether oxygens (including phenoxy) is 4. The fourth-order valence-electron chi connectivity index (χ4n) is 15.8. The Morgan fingerprint density at radius 1 is 0.958 bits per heavy atom. The van der Waals surface area contributed by atoms with Crippen LogP contribution in [0.4, 0.5) is 0 Å². The minimum absolute atomic E-state index is 0.0283. The molecular formula is C58H81NO13. The summed E-state index contributed by atoms with van der Waals surface area (Å²) in [4.78, 5) is 29.6. The fraction of sp³-hybridized carbons (Fsp3) is 0.690. The molecule has 0 aromatic heterocycles. The number of aromatic hydroxyl groups is 1. The van der Waals surface area contributed by atoms with Crippen molar-refractivity contribution in [2.24, 2.45) is 58.7 Å². The molecule has 396 valence electrons. The van der Waals surface area contributed by atoms with Crippen LogP contribution in [0.25, 0.3) is 6.08 Å². The molecule has 14 heteroatoms. The molecule has 0 amide bonds. The monoisotopic (exact) mass is 1000 g/mol. The number of carbonyl (C=O) groups excluding carboxylic acids is 2. The Morgan fingerprint density at radius 2 is 1.75 bits per heavy atom. The average Bonchev–Trinajstić information content (AvgIpc) is 3.34. The third-order valence-corrected chi connectivity index (χ3v) is 19.1. The van der Waals surface area contributed by atoms with E-state index >= 15 is 4.79 Å². The van der Waals surface area contributed by atoms with Crippen molar-refractivity contribution in [1.29, 1.82) is 0 Å². The molecule has 0 unspecified atom stereocenters. The van der Waals surface area contributed by atoms with Crippen molar-refractivity contribution in [3.63, 3.8) is 0 Å². The van der Waals surface area contributed by atoms with Gasteiger partial charge in [0.2, 0.25) is 5.79 Å². The number of hydrogen-bond acceptors (Lipinski definition) is 14. The van der Waals surface area contributed by atoms with Gasteiger partial charge in [0.25, 0.3) is 0 Å². The quantitative estimate of drug-likeness (QED) is 0.0508. The second kappa shape index (κ2) is 21.8. The zero-order chi connectivity index (χ0) is 51.2. The van der Waals surface area contributed by atoms with E-state index in [0.717, 1.165) is 68.1 Å². The summed E-state index contributed by atoms with van der Waals surface area (Å²) >= 11 is 0. The lowest BCUT2D eigenvalue weighted by Gasteiger charge is -2.68. The first kappa shape index (κ1) is 53.0. The van der Waals surface area contributed by atoms with Crippen LogP contribution < -0.4 is 10.1 Å². The number of benzene rings is 2. The van der Waals surface area contributed by atoms with Crippen molar-refractivity contribution < 1.29 is 64.3 Å². The molecule has 8 aliphatic rings. The van der Waals surface area contributed by atoms with Gasteiger partial charge in [-0.3, -0.25) is 4.79 Å². The maximum absolute atomic E-state index is 15.1. The zero-order valence-corrected chi connectivity index (χ0v) is 42.9. The van der Waals surface area contributed by atoms with Crippen molar-refractivity contribution in [2.75, 3.05) is 26.9 Å². The Kier molecular flexibility index (Phi) is 16.0. The van der Waals surface area contributed by atoms with Gasteiger partial charge in [0.15, 0.2) is 23.7 Å². The van der Waals surface area contributed by atoms with Crippen LogP contribution in [0.3, 0.4) is 0 Å². The van der Waals surface area contributed by atoms with Gasteiger partial charge in [-0.05, 0) is 195 Å². The fourth-order valence-corrected chi connectivity index (χ4v) is 15.8. The van der Waals surface area contributed by atoms with E-state index in [4.69, 9.17) is 18.9 Å². The van der Waals surface area contributed by atoms with Gasteiger partial charge < -0.3 is 60.0 Å². The Bertz CT molecular complexity index is 2320. The van der Waals surface area contributed by atoms with Gasteiger partial charge in [0.1, 0.15) is 12.2 Å². The topological polar surface area (TPSA) is 225 Å². The number of methoxy groups -OCH3 is 1. The normalized spacial score (nSPS) is 38.3. The van der Waals surface area contributed by atoms with Crippen molar-refractivity contribution >= 4 is 18.0 Å². The van der Waals surface area contributed by atoms with Gasteiger partial charge in [0, 0.05) is 31.8 Å². The minimum atomic E-state index is -2.35. The van der Waals surface area contributed by atoms with Crippen LogP contribution in [0.5, 0.6) is 11.5 Å². The second-order valence-electron chi connectivity index (χ2n) is 23.3. The summed E-state index contributed by atoms with van der Waals surface area (Å²) in [6.45, 7) is 8.52. The Labute approximate surface area is 425 Å². The molecule has 14 nitrogen and oxygen atoms in total. The predicted molar refractivity (Wildman–Crippen MR) is 269 cm³/mol. The first-order valence-corrected chi connectivity index (χ1v) is 27.2. The van der Waals surface area contributed by atoms with E-state index in [1.165, 1.54) is 19.3 Å². The number of esters is 2. The smallest absolute Gasteiger partial charge is 0.334 e. The summed E-state index contributed by atoms with van der Waals surface area (Å²) < 4.78 is 24.3. The molecule has 2 heterocycles. The van der Waals surface area contributed by atoms with Crippen molar-refractivity contribution in [1.82, 2.24) is 5.32 Å². The number of rotatable bonds is 17. The molecule has 8 N–H and O–H groups in total. The van der Waals surface area contributed by atoms with E-state index in [1.807, 2.05) is 18.2 Å². The number of fused-ring (bicyclic) bond motifs is 6. The molecule has 6 aliphatic carbocycles. The van der Waals surface area contributed by atoms with Crippen LogP contribution in [-0.2, 0) is 36.6 Å². The lowest BCUT2D eigenvalue weighted by molar-refractivity contribution is -0.333. The van der Waals surface area contributed by atoms with Gasteiger partial charge in [-0.25, -0.2) is 4.79 Å². The van der Waals surface area contributed by atoms with E-state index < -0.39 is 54.3 Å². The standard InChI is InChI=1S/C58H81NO13/c1-31(2)40-12-14-45-41-13-15-46-51(65)42(40)18-21-57(45,46)39(24-32(41)3)11-17-50(64)70-54-52(66)53-47(59-29-33(4)62)19-22-58(68,72-53)55(54)71-56(67)38(25-35-7-16-48(63)49(27-35)69-5)28-44-37(30-61)10-9-36-8-6-34(20-23-60)26-43(36)44/h6-8,16,19,22,25-27,31-33,37,39-42,44-47,51-55,59-63,65-66,68H,9-15,17-18,20-21,23-24,28-30H2,1-5H3/b38-25+/t32-,33+,37-,39-,40+,41+,42-,44-,45+,46+,47+,51-,52+,53+,54-,55-,57-,58-/m1/s1. The highest BCUT2D eigenvalue weighted by atomic mass is 16.7. The minimum Gasteiger partial charge on any atom is -0.504 e. The number of nitrogens with one attached hydrogen (secondary N) is 1. The summed E-state index contributed by atoms with van der Waals surface area (Å²) in [5.74, 6) is -1.17. The molecular weight excluding hydrogens is 919 g/mol. The summed E-state index contributed by atoms with van der Waals surface area (Å²) in [6.07, 6.45) is 7.21. The number of hydrogen-bond donors (Lipinski definition) is 8. The molecule has 72 heavy (non-hydrogen) atoms. The molecule has 6 fully saturated rings. The largest absolute Gasteiger partial charge is 0.504 e. The highest BCUT2D eigenvalue weighted by Crippen LogP contribution is 2.69. The lowest BCUT2D eigenvalue weighted by Crippen LogP contribution is -2.71. The summed E-state index contributed by atoms with van der Waals surface area (Å²) in [6, 6.07) is 9.97. The number of aryl methyl sites for hydroxylation is 1. The van der Waals surface area contributed by atoms with Gasteiger partial charge in [-0.1, -0.05) is 51.1 Å². The first-order valence-electron chi connectivity index (χ1n) is 27.2. The Hall–Kier alpha value is -3.86. The highest BCUT2D eigenvalue weighted by Gasteiger charge is 2.65.